The lowest BCUT2D eigenvalue weighted by atomic mass is 10.0. The Morgan fingerprint density at radius 2 is 2.19 bits per heavy atom. The molecule has 1 aromatic carbocycles. The molecular formula is C15H15NO4S. The Morgan fingerprint density at radius 1 is 1.48 bits per heavy atom. The SMILES string of the molecule is CC(Cc1ccccc1S)=C1OC2CC(=O)N2C1C(=O)O. The second-order valence-electron chi connectivity index (χ2n) is 5.27. The van der Waals surface area contributed by atoms with Gasteiger partial charge in [-0.3, -0.25) is 9.69 Å². The highest BCUT2D eigenvalue weighted by atomic mass is 32.1. The Hall–Kier alpha value is -1.95. The van der Waals surface area contributed by atoms with Crippen LogP contribution in [0.15, 0.2) is 40.5 Å². The van der Waals surface area contributed by atoms with Gasteiger partial charge in [0.2, 0.25) is 5.91 Å². The van der Waals surface area contributed by atoms with Gasteiger partial charge >= 0.3 is 5.97 Å². The number of ether oxygens (including phenoxy) is 1. The molecular weight excluding hydrogens is 290 g/mol. The van der Waals surface area contributed by atoms with Gasteiger partial charge in [0.15, 0.2) is 12.3 Å². The Labute approximate surface area is 127 Å². The van der Waals surface area contributed by atoms with Gasteiger partial charge in [-0.2, -0.15) is 0 Å². The molecule has 2 atom stereocenters. The number of carboxylic acids is 1. The fourth-order valence-corrected chi connectivity index (χ4v) is 2.99. The zero-order valence-corrected chi connectivity index (χ0v) is 12.3. The molecule has 110 valence electrons. The number of aliphatic carboxylic acids is 1. The average Bonchev–Trinajstić information content (AvgIpc) is 2.74. The van der Waals surface area contributed by atoms with Crippen LogP contribution in [-0.4, -0.2) is 34.2 Å². The average molecular weight is 305 g/mol. The number of rotatable bonds is 3. The Bertz CT molecular complexity index is 655. The van der Waals surface area contributed by atoms with Crippen molar-refractivity contribution >= 4 is 24.5 Å². The maximum Gasteiger partial charge on any atom is 0.334 e. The van der Waals surface area contributed by atoms with Crippen LogP contribution in [0.2, 0.25) is 0 Å². The van der Waals surface area contributed by atoms with Crippen molar-refractivity contribution in [1.82, 2.24) is 4.90 Å². The Balaban J connectivity index is 1.91. The van der Waals surface area contributed by atoms with Crippen LogP contribution in [-0.2, 0) is 20.7 Å². The monoisotopic (exact) mass is 305 g/mol. The molecule has 3 rings (SSSR count). The van der Waals surface area contributed by atoms with Crippen LogP contribution < -0.4 is 0 Å². The van der Waals surface area contributed by atoms with Crippen LogP contribution in [0, 0.1) is 0 Å². The first kappa shape index (κ1) is 14.0. The molecule has 2 heterocycles. The maximum absolute atomic E-state index is 11.6. The van der Waals surface area contributed by atoms with E-state index in [0.29, 0.717) is 12.2 Å². The smallest absolute Gasteiger partial charge is 0.334 e. The molecule has 2 saturated heterocycles. The van der Waals surface area contributed by atoms with Crippen LogP contribution >= 0.6 is 12.6 Å². The van der Waals surface area contributed by atoms with E-state index in [9.17, 15) is 14.7 Å². The molecule has 1 aromatic rings. The third kappa shape index (κ3) is 2.29. The highest BCUT2D eigenvalue weighted by molar-refractivity contribution is 7.80. The first-order chi connectivity index (χ1) is 9.99. The molecule has 2 unspecified atom stereocenters. The van der Waals surface area contributed by atoms with Crippen molar-refractivity contribution in [1.29, 1.82) is 0 Å². The highest BCUT2D eigenvalue weighted by Gasteiger charge is 2.54. The number of nitrogens with zero attached hydrogens (tertiary/aromatic N) is 1. The molecule has 0 aliphatic carbocycles. The lowest BCUT2D eigenvalue weighted by Crippen LogP contribution is -2.54. The van der Waals surface area contributed by atoms with Gasteiger partial charge in [-0.05, 0) is 30.5 Å². The van der Waals surface area contributed by atoms with Gasteiger partial charge in [-0.15, -0.1) is 12.6 Å². The van der Waals surface area contributed by atoms with E-state index in [2.05, 4.69) is 12.6 Å². The first-order valence-electron chi connectivity index (χ1n) is 6.66. The molecule has 2 fully saturated rings. The van der Waals surface area contributed by atoms with Gasteiger partial charge in [-0.1, -0.05) is 18.2 Å². The van der Waals surface area contributed by atoms with Crippen molar-refractivity contribution in [2.24, 2.45) is 0 Å². The van der Waals surface area contributed by atoms with Crippen LogP contribution in [0.25, 0.3) is 0 Å². The summed E-state index contributed by atoms with van der Waals surface area (Å²) < 4.78 is 5.66. The minimum Gasteiger partial charge on any atom is -0.479 e. The van der Waals surface area contributed by atoms with E-state index in [1.54, 1.807) is 0 Å². The maximum atomic E-state index is 11.6. The third-order valence-corrected chi connectivity index (χ3v) is 4.28. The van der Waals surface area contributed by atoms with Crippen molar-refractivity contribution in [2.45, 2.75) is 36.9 Å². The van der Waals surface area contributed by atoms with Crippen molar-refractivity contribution in [2.75, 3.05) is 0 Å². The van der Waals surface area contributed by atoms with Crippen molar-refractivity contribution in [3.63, 3.8) is 0 Å². The normalized spacial score (nSPS) is 26.0. The lowest BCUT2D eigenvalue weighted by molar-refractivity contribution is -0.163. The summed E-state index contributed by atoms with van der Waals surface area (Å²) in [6.07, 6.45) is 0.381. The van der Waals surface area contributed by atoms with E-state index in [-0.39, 0.29) is 12.3 Å². The van der Waals surface area contributed by atoms with Crippen LogP contribution in [0.1, 0.15) is 18.9 Å². The minimum absolute atomic E-state index is 0.176. The zero-order chi connectivity index (χ0) is 15.1. The summed E-state index contributed by atoms with van der Waals surface area (Å²) in [5.74, 6) is -0.848. The molecule has 0 saturated carbocycles. The van der Waals surface area contributed by atoms with Crippen LogP contribution in [0.3, 0.4) is 0 Å². The molecule has 6 heteroatoms. The summed E-state index contributed by atoms with van der Waals surface area (Å²) in [4.78, 5) is 25.2. The number of fused-ring (bicyclic) bond motifs is 1. The molecule has 0 radical (unpaired) electrons. The van der Waals surface area contributed by atoms with Gasteiger partial charge < -0.3 is 9.84 Å². The Kier molecular flexibility index (Phi) is 3.41. The number of benzene rings is 1. The van der Waals surface area contributed by atoms with E-state index in [1.807, 2.05) is 31.2 Å². The van der Waals surface area contributed by atoms with E-state index < -0.39 is 18.2 Å². The molecule has 5 nitrogen and oxygen atoms in total. The van der Waals surface area contributed by atoms with Gasteiger partial charge in [0, 0.05) is 4.90 Å². The van der Waals surface area contributed by atoms with Crippen molar-refractivity contribution in [3.05, 3.63) is 41.2 Å². The largest absolute Gasteiger partial charge is 0.479 e. The summed E-state index contributed by atoms with van der Waals surface area (Å²) in [7, 11) is 0. The quantitative estimate of drug-likeness (QED) is 0.660. The fourth-order valence-electron chi connectivity index (χ4n) is 2.75. The van der Waals surface area contributed by atoms with Gasteiger partial charge in [-0.25, -0.2) is 4.79 Å². The molecule has 21 heavy (non-hydrogen) atoms. The number of carbonyl (C=O) groups is 2. The minimum atomic E-state index is -1.06. The predicted molar refractivity (Wildman–Crippen MR) is 77.9 cm³/mol. The van der Waals surface area contributed by atoms with E-state index in [1.165, 1.54) is 4.90 Å². The first-order valence-corrected chi connectivity index (χ1v) is 7.11. The van der Waals surface area contributed by atoms with Gasteiger partial charge in [0.25, 0.3) is 0 Å². The third-order valence-electron chi connectivity index (χ3n) is 3.84. The van der Waals surface area contributed by atoms with Crippen LogP contribution in [0.4, 0.5) is 0 Å². The van der Waals surface area contributed by atoms with Gasteiger partial charge in [0.1, 0.15) is 5.76 Å². The topological polar surface area (TPSA) is 66.8 Å². The molecule has 2 aliphatic rings. The molecule has 0 aromatic heterocycles. The second-order valence-corrected chi connectivity index (χ2v) is 5.75. The van der Waals surface area contributed by atoms with E-state index in [0.717, 1.165) is 16.0 Å². The number of hydrogen-bond donors (Lipinski definition) is 2. The summed E-state index contributed by atoms with van der Waals surface area (Å²) in [6.45, 7) is 1.84. The predicted octanol–water partition coefficient (Wildman–Crippen LogP) is 1.83. The molecule has 0 spiro atoms. The number of β-lactam (4-membered cyclic amide) rings is 1. The zero-order valence-electron chi connectivity index (χ0n) is 11.4. The summed E-state index contributed by atoms with van der Waals surface area (Å²) in [6, 6.07) is 6.64. The van der Waals surface area contributed by atoms with Crippen molar-refractivity contribution < 1.29 is 19.4 Å². The number of carbonyl (C=O) groups excluding carboxylic acids is 1. The molecule has 2 aliphatic heterocycles. The molecule has 0 bridgehead atoms. The number of thiol groups is 1. The summed E-state index contributed by atoms with van der Waals surface area (Å²) in [5, 5.41) is 9.37. The second kappa shape index (κ2) is 5.11. The number of amides is 1. The standard InChI is InChI=1S/C15H15NO4S/c1-8(6-9-4-2-3-5-10(9)21)14-13(15(18)19)16-11(17)7-12(16)20-14/h2-5,12-13,21H,6-7H2,1H3,(H,18,19). The number of carboxylic acid groups (broad SMARTS) is 1. The lowest BCUT2D eigenvalue weighted by Gasteiger charge is -2.33. The van der Waals surface area contributed by atoms with Crippen LogP contribution in [0.5, 0.6) is 0 Å². The van der Waals surface area contributed by atoms with E-state index in [4.69, 9.17) is 4.74 Å². The van der Waals surface area contributed by atoms with Crippen molar-refractivity contribution in [3.8, 4) is 0 Å². The summed E-state index contributed by atoms with van der Waals surface area (Å²) >= 11 is 4.40. The fraction of sp³-hybridized carbons (Fsp3) is 0.333. The van der Waals surface area contributed by atoms with E-state index >= 15 is 0 Å². The number of hydrogen-bond acceptors (Lipinski definition) is 4. The Morgan fingerprint density at radius 3 is 2.81 bits per heavy atom. The molecule has 1 N–H and O–H groups in total. The number of allylic oxidation sites excluding steroid dienone is 1. The molecule has 1 amide bonds. The highest BCUT2D eigenvalue weighted by Crippen LogP contribution is 2.38. The summed E-state index contributed by atoms with van der Waals surface area (Å²) in [5.41, 5.74) is 1.81. The van der Waals surface area contributed by atoms with Gasteiger partial charge in [0.05, 0.1) is 6.42 Å².